The van der Waals surface area contributed by atoms with Crippen LogP contribution < -0.4 is 21.5 Å². The van der Waals surface area contributed by atoms with Crippen LogP contribution in [0.2, 0.25) is 0 Å². The normalized spacial score (nSPS) is 19.5. The molecule has 1 aliphatic heterocycles. The molecule has 0 spiro atoms. The fraction of sp³-hybridized carbons (Fsp3) is 0.636. The van der Waals surface area contributed by atoms with Crippen LogP contribution in [0.3, 0.4) is 0 Å². The van der Waals surface area contributed by atoms with Gasteiger partial charge in [-0.15, -0.1) is 0 Å². The molecule has 0 radical (unpaired) electrons. The summed E-state index contributed by atoms with van der Waals surface area (Å²) in [5.41, 5.74) is 12.9. The molecule has 1 saturated heterocycles. The lowest BCUT2D eigenvalue weighted by atomic mass is 10.2. The van der Waals surface area contributed by atoms with Crippen molar-refractivity contribution in [3.63, 3.8) is 0 Å². The quantitative estimate of drug-likeness (QED) is 0.626. The number of anilines is 1. The summed E-state index contributed by atoms with van der Waals surface area (Å²) in [6, 6.07) is 2.49. The van der Waals surface area contributed by atoms with Crippen LogP contribution in [0.15, 0.2) is 12.4 Å². The molecule has 0 amide bonds. The van der Waals surface area contributed by atoms with Gasteiger partial charge in [-0.2, -0.15) is 0 Å². The molecule has 1 aromatic rings. The molecule has 0 aliphatic carbocycles. The second kappa shape index (κ2) is 5.90. The molecule has 1 fully saturated rings. The van der Waals surface area contributed by atoms with Crippen molar-refractivity contribution in [1.29, 1.82) is 0 Å². The highest BCUT2D eigenvalue weighted by Crippen LogP contribution is 2.11. The SMILES string of the molecule is CN(CC1CCNN1)c1cc(CCN)ncn1. The third-order valence-electron chi connectivity index (χ3n) is 2.92. The molecule has 0 saturated carbocycles. The van der Waals surface area contributed by atoms with Gasteiger partial charge in [0.15, 0.2) is 0 Å². The van der Waals surface area contributed by atoms with Crippen molar-refractivity contribution < 1.29 is 0 Å². The lowest BCUT2D eigenvalue weighted by molar-refractivity contribution is 0.551. The number of nitrogens with one attached hydrogen (secondary N) is 2. The van der Waals surface area contributed by atoms with Crippen molar-refractivity contribution in [2.24, 2.45) is 5.73 Å². The van der Waals surface area contributed by atoms with Gasteiger partial charge in [-0.05, 0) is 13.0 Å². The number of nitrogens with zero attached hydrogens (tertiary/aromatic N) is 3. The van der Waals surface area contributed by atoms with Crippen LogP contribution in [-0.2, 0) is 6.42 Å². The molecule has 4 N–H and O–H groups in total. The molecule has 0 aromatic carbocycles. The first-order chi connectivity index (χ1) is 8.29. The molecule has 1 aromatic heterocycles. The largest absolute Gasteiger partial charge is 0.358 e. The van der Waals surface area contributed by atoms with E-state index in [1.807, 2.05) is 6.07 Å². The van der Waals surface area contributed by atoms with E-state index >= 15 is 0 Å². The molecule has 2 heterocycles. The number of aromatic nitrogens is 2. The fourth-order valence-electron chi connectivity index (χ4n) is 1.98. The van der Waals surface area contributed by atoms with Gasteiger partial charge in [0.25, 0.3) is 0 Å². The van der Waals surface area contributed by atoms with Crippen molar-refractivity contribution in [2.75, 3.05) is 31.6 Å². The molecule has 1 atom stereocenters. The Balaban J connectivity index is 1.97. The highest BCUT2D eigenvalue weighted by molar-refractivity contribution is 5.38. The van der Waals surface area contributed by atoms with E-state index in [9.17, 15) is 0 Å². The minimum absolute atomic E-state index is 0.480. The Morgan fingerprint density at radius 1 is 1.53 bits per heavy atom. The summed E-state index contributed by atoms with van der Waals surface area (Å²) >= 11 is 0. The summed E-state index contributed by atoms with van der Waals surface area (Å²) in [4.78, 5) is 10.6. The lowest BCUT2D eigenvalue weighted by Crippen LogP contribution is -2.39. The molecule has 0 bridgehead atoms. The smallest absolute Gasteiger partial charge is 0.131 e. The second-order valence-electron chi connectivity index (χ2n) is 4.34. The first-order valence-electron chi connectivity index (χ1n) is 6.00. The Bertz CT molecular complexity index is 350. The van der Waals surface area contributed by atoms with Crippen LogP contribution in [0.25, 0.3) is 0 Å². The van der Waals surface area contributed by atoms with Crippen molar-refractivity contribution in [1.82, 2.24) is 20.8 Å². The van der Waals surface area contributed by atoms with E-state index in [1.165, 1.54) is 0 Å². The first kappa shape index (κ1) is 12.2. The number of hydrazine groups is 1. The standard InChI is InChI=1S/C11H20N6/c1-17(7-10-3-5-15-16-10)11-6-9(2-4-12)13-8-14-11/h6,8,10,15-16H,2-5,7,12H2,1H3. The van der Waals surface area contributed by atoms with E-state index in [2.05, 4.69) is 32.8 Å². The van der Waals surface area contributed by atoms with E-state index in [-0.39, 0.29) is 0 Å². The highest BCUT2D eigenvalue weighted by atomic mass is 15.4. The first-order valence-corrected chi connectivity index (χ1v) is 6.00. The Labute approximate surface area is 102 Å². The summed E-state index contributed by atoms with van der Waals surface area (Å²) < 4.78 is 0. The molecule has 2 rings (SSSR count). The molecule has 1 aliphatic rings. The van der Waals surface area contributed by atoms with E-state index < -0.39 is 0 Å². The molecule has 94 valence electrons. The van der Waals surface area contributed by atoms with Crippen LogP contribution in [-0.4, -0.2) is 42.7 Å². The van der Waals surface area contributed by atoms with E-state index in [1.54, 1.807) is 6.33 Å². The summed E-state index contributed by atoms with van der Waals surface area (Å²) in [6.45, 7) is 2.58. The monoisotopic (exact) mass is 236 g/mol. The van der Waals surface area contributed by atoms with Gasteiger partial charge in [-0.1, -0.05) is 0 Å². The van der Waals surface area contributed by atoms with Crippen molar-refractivity contribution in [2.45, 2.75) is 18.9 Å². The van der Waals surface area contributed by atoms with Crippen LogP contribution >= 0.6 is 0 Å². The van der Waals surface area contributed by atoms with Gasteiger partial charge in [-0.25, -0.2) is 9.97 Å². The number of hydrogen-bond donors (Lipinski definition) is 3. The maximum Gasteiger partial charge on any atom is 0.131 e. The Morgan fingerprint density at radius 3 is 3.12 bits per heavy atom. The molecule has 17 heavy (non-hydrogen) atoms. The van der Waals surface area contributed by atoms with E-state index in [0.717, 1.165) is 37.4 Å². The third kappa shape index (κ3) is 3.36. The molecular weight excluding hydrogens is 216 g/mol. The topological polar surface area (TPSA) is 79.1 Å². The molecule has 1 unspecified atom stereocenters. The second-order valence-corrected chi connectivity index (χ2v) is 4.34. The van der Waals surface area contributed by atoms with Gasteiger partial charge in [0.1, 0.15) is 12.1 Å². The zero-order valence-electron chi connectivity index (χ0n) is 10.2. The van der Waals surface area contributed by atoms with Gasteiger partial charge >= 0.3 is 0 Å². The van der Waals surface area contributed by atoms with E-state index in [0.29, 0.717) is 12.6 Å². The number of rotatable bonds is 5. The van der Waals surface area contributed by atoms with Crippen molar-refractivity contribution >= 4 is 5.82 Å². The van der Waals surface area contributed by atoms with Crippen LogP contribution in [0.5, 0.6) is 0 Å². The van der Waals surface area contributed by atoms with Gasteiger partial charge in [0, 0.05) is 44.4 Å². The summed E-state index contributed by atoms with van der Waals surface area (Å²) in [5, 5.41) is 0. The average Bonchev–Trinajstić information content (AvgIpc) is 2.83. The van der Waals surface area contributed by atoms with Gasteiger partial charge in [0.2, 0.25) is 0 Å². The zero-order valence-corrected chi connectivity index (χ0v) is 10.2. The summed E-state index contributed by atoms with van der Waals surface area (Å²) in [6.07, 6.45) is 3.55. The fourth-order valence-corrected chi connectivity index (χ4v) is 1.98. The minimum Gasteiger partial charge on any atom is -0.358 e. The van der Waals surface area contributed by atoms with Crippen LogP contribution in [0, 0.1) is 0 Å². The number of nitrogens with two attached hydrogens (primary N) is 1. The molecular formula is C11H20N6. The zero-order chi connectivity index (χ0) is 12.1. The van der Waals surface area contributed by atoms with Crippen LogP contribution in [0.1, 0.15) is 12.1 Å². The number of likely N-dealkylation sites (N-methyl/N-ethyl adjacent to an activating group) is 1. The Kier molecular flexibility index (Phi) is 4.24. The Hall–Kier alpha value is -1.24. The van der Waals surface area contributed by atoms with Crippen molar-refractivity contribution in [3.05, 3.63) is 18.1 Å². The minimum atomic E-state index is 0.480. The average molecular weight is 236 g/mol. The summed E-state index contributed by atoms with van der Waals surface area (Å²) in [7, 11) is 2.05. The predicted octanol–water partition coefficient (Wildman–Crippen LogP) is -0.719. The lowest BCUT2D eigenvalue weighted by Gasteiger charge is -2.22. The Morgan fingerprint density at radius 2 is 2.41 bits per heavy atom. The van der Waals surface area contributed by atoms with Gasteiger partial charge in [-0.3, -0.25) is 10.9 Å². The number of hydrogen-bond acceptors (Lipinski definition) is 6. The third-order valence-corrected chi connectivity index (χ3v) is 2.92. The maximum atomic E-state index is 5.53. The van der Waals surface area contributed by atoms with Gasteiger partial charge < -0.3 is 10.6 Å². The van der Waals surface area contributed by atoms with Gasteiger partial charge in [0.05, 0.1) is 0 Å². The summed E-state index contributed by atoms with van der Waals surface area (Å²) in [5.74, 6) is 0.956. The van der Waals surface area contributed by atoms with Crippen molar-refractivity contribution in [3.8, 4) is 0 Å². The predicted molar refractivity (Wildman–Crippen MR) is 67.6 cm³/mol. The highest BCUT2D eigenvalue weighted by Gasteiger charge is 2.16. The van der Waals surface area contributed by atoms with E-state index in [4.69, 9.17) is 5.73 Å². The maximum absolute atomic E-state index is 5.53. The molecule has 6 nitrogen and oxygen atoms in total. The molecule has 6 heteroatoms. The van der Waals surface area contributed by atoms with Crippen LogP contribution in [0.4, 0.5) is 5.82 Å².